The molecule has 0 aliphatic carbocycles. The van der Waals surface area contributed by atoms with Crippen molar-refractivity contribution in [2.24, 2.45) is 0 Å². The van der Waals surface area contributed by atoms with Gasteiger partial charge in [0.25, 0.3) is 0 Å². The van der Waals surface area contributed by atoms with E-state index in [0.717, 1.165) is 35.7 Å². The SMILES string of the molecule is CCNCc1ccc(OCc2ccc(C#N)cc2C)cn1. The van der Waals surface area contributed by atoms with E-state index < -0.39 is 0 Å². The van der Waals surface area contributed by atoms with Crippen molar-refractivity contribution in [1.29, 1.82) is 5.26 Å². The Morgan fingerprint density at radius 2 is 2.14 bits per heavy atom. The third-order valence-corrected chi connectivity index (χ3v) is 3.22. The zero-order valence-electron chi connectivity index (χ0n) is 12.4. The molecule has 0 saturated carbocycles. The molecule has 1 aromatic carbocycles. The van der Waals surface area contributed by atoms with Gasteiger partial charge in [-0.2, -0.15) is 5.26 Å². The summed E-state index contributed by atoms with van der Waals surface area (Å²) in [7, 11) is 0. The molecule has 4 nitrogen and oxygen atoms in total. The first-order valence-electron chi connectivity index (χ1n) is 7.01. The van der Waals surface area contributed by atoms with Gasteiger partial charge in [-0.05, 0) is 48.9 Å². The molecule has 0 unspecified atom stereocenters. The number of aryl methyl sites for hydroxylation is 1. The summed E-state index contributed by atoms with van der Waals surface area (Å²) in [5.74, 6) is 0.749. The highest BCUT2D eigenvalue weighted by molar-refractivity contribution is 5.37. The maximum Gasteiger partial charge on any atom is 0.138 e. The first-order valence-corrected chi connectivity index (χ1v) is 7.01. The van der Waals surface area contributed by atoms with E-state index in [-0.39, 0.29) is 0 Å². The Morgan fingerprint density at radius 1 is 1.29 bits per heavy atom. The van der Waals surface area contributed by atoms with Gasteiger partial charge in [-0.25, -0.2) is 0 Å². The van der Waals surface area contributed by atoms with E-state index in [1.54, 1.807) is 6.20 Å². The van der Waals surface area contributed by atoms with Gasteiger partial charge in [0.05, 0.1) is 23.5 Å². The molecule has 21 heavy (non-hydrogen) atoms. The van der Waals surface area contributed by atoms with Crippen LogP contribution in [0.3, 0.4) is 0 Å². The van der Waals surface area contributed by atoms with E-state index in [1.165, 1.54) is 0 Å². The van der Waals surface area contributed by atoms with Gasteiger partial charge in [0.2, 0.25) is 0 Å². The number of pyridine rings is 1. The summed E-state index contributed by atoms with van der Waals surface area (Å²) in [4.78, 5) is 4.35. The molecule has 108 valence electrons. The second-order valence-corrected chi connectivity index (χ2v) is 4.81. The van der Waals surface area contributed by atoms with Crippen molar-refractivity contribution in [3.8, 4) is 11.8 Å². The van der Waals surface area contributed by atoms with Crippen LogP contribution in [0.1, 0.15) is 29.3 Å². The summed E-state index contributed by atoms with van der Waals surface area (Å²) in [6.45, 7) is 6.23. The van der Waals surface area contributed by atoms with Gasteiger partial charge in [-0.3, -0.25) is 4.98 Å². The van der Waals surface area contributed by atoms with Crippen molar-refractivity contribution < 1.29 is 4.74 Å². The minimum atomic E-state index is 0.478. The van der Waals surface area contributed by atoms with E-state index in [9.17, 15) is 0 Å². The van der Waals surface area contributed by atoms with E-state index in [4.69, 9.17) is 10.00 Å². The average Bonchev–Trinajstić information content (AvgIpc) is 2.52. The van der Waals surface area contributed by atoms with Crippen LogP contribution in [0.25, 0.3) is 0 Å². The van der Waals surface area contributed by atoms with Gasteiger partial charge in [0.15, 0.2) is 0 Å². The van der Waals surface area contributed by atoms with Crippen molar-refractivity contribution in [3.05, 3.63) is 58.9 Å². The van der Waals surface area contributed by atoms with Gasteiger partial charge in [0, 0.05) is 6.54 Å². The smallest absolute Gasteiger partial charge is 0.138 e. The Labute approximate surface area is 125 Å². The number of benzene rings is 1. The molecule has 2 rings (SSSR count). The zero-order chi connectivity index (χ0) is 15.1. The summed E-state index contributed by atoms with van der Waals surface area (Å²) in [5.41, 5.74) is 3.81. The van der Waals surface area contributed by atoms with Crippen LogP contribution < -0.4 is 10.1 Å². The fourth-order valence-corrected chi connectivity index (χ4v) is 1.94. The summed E-state index contributed by atoms with van der Waals surface area (Å²) >= 11 is 0. The molecule has 0 spiro atoms. The van der Waals surface area contributed by atoms with Gasteiger partial charge >= 0.3 is 0 Å². The molecule has 1 N–H and O–H groups in total. The predicted molar refractivity (Wildman–Crippen MR) is 81.8 cm³/mol. The van der Waals surface area contributed by atoms with Crippen LogP contribution in [0.2, 0.25) is 0 Å². The number of nitriles is 1. The molecule has 2 aromatic rings. The fourth-order valence-electron chi connectivity index (χ4n) is 1.94. The van der Waals surface area contributed by atoms with E-state index >= 15 is 0 Å². The lowest BCUT2D eigenvalue weighted by molar-refractivity contribution is 0.304. The third-order valence-electron chi connectivity index (χ3n) is 3.22. The molecule has 1 heterocycles. The first kappa shape index (κ1) is 15.0. The normalized spacial score (nSPS) is 10.1. The molecule has 0 radical (unpaired) electrons. The minimum absolute atomic E-state index is 0.478. The number of aromatic nitrogens is 1. The second kappa shape index (κ2) is 7.41. The molecule has 0 bridgehead atoms. The van der Waals surface area contributed by atoms with E-state index in [0.29, 0.717) is 12.2 Å². The molecular formula is C17H19N3O. The number of nitrogens with zero attached hydrogens (tertiary/aromatic N) is 2. The Hall–Kier alpha value is -2.38. The maximum absolute atomic E-state index is 8.85. The van der Waals surface area contributed by atoms with Gasteiger partial charge < -0.3 is 10.1 Å². The Kier molecular flexibility index (Phi) is 5.30. The molecule has 0 amide bonds. The summed E-state index contributed by atoms with van der Waals surface area (Å²) < 4.78 is 5.74. The van der Waals surface area contributed by atoms with Crippen LogP contribution in [-0.4, -0.2) is 11.5 Å². The van der Waals surface area contributed by atoms with Crippen LogP contribution in [0.5, 0.6) is 5.75 Å². The van der Waals surface area contributed by atoms with Gasteiger partial charge in [0.1, 0.15) is 12.4 Å². The standard InChI is InChI=1S/C17H19N3O/c1-3-19-10-16-6-7-17(11-20-16)21-12-15-5-4-14(9-18)8-13(15)2/h4-8,11,19H,3,10,12H2,1-2H3. The highest BCUT2D eigenvalue weighted by Crippen LogP contribution is 2.15. The van der Waals surface area contributed by atoms with Crippen LogP contribution >= 0.6 is 0 Å². The van der Waals surface area contributed by atoms with Crippen molar-refractivity contribution in [2.45, 2.75) is 27.0 Å². The summed E-state index contributed by atoms with van der Waals surface area (Å²) in [5, 5.41) is 12.1. The largest absolute Gasteiger partial charge is 0.487 e. The van der Waals surface area contributed by atoms with Crippen LogP contribution in [0, 0.1) is 18.3 Å². The highest BCUT2D eigenvalue weighted by atomic mass is 16.5. The topological polar surface area (TPSA) is 57.9 Å². The predicted octanol–water partition coefficient (Wildman–Crippen LogP) is 2.95. The molecule has 0 aliphatic heterocycles. The van der Waals surface area contributed by atoms with E-state index in [1.807, 2.05) is 37.3 Å². The monoisotopic (exact) mass is 281 g/mol. The lowest BCUT2D eigenvalue weighted by atomic mass is 10.1. The molecule has 0 atom stereocenters. The molecule has 4 heteroatoms. The molecule has 0 aliphatic rings. The van der Waals surface area contributed by atoms with Gasteiger partial charge in [-0.1, -0.05) is 13.0 Å². The molecule has 1 aromatic heterocycles. The highest BCUT2D eigenvalue weighted by Gasteiger charge is 2.02. The first-order chi connectivity index (χ1) is 10.2. The van der Waals surface area contributed by atoms with Gasteiger partial charge in [-0.15, -0.1) is 0 Å². The lowest BCUT2D eigenvalue weighted by Crippen LogP contribution is -2.12. The number of nitrogens with one attached hydrogen (secondary N) is 1. The third kappa shape index (κ3) is 4.30. The van der Waals surface area contributed by atoms with Crippen LogP contribution in [-0.2, 0) is 13.2 Å². The molecular weight excluding hydrogens is 262 g/mol. The number of hydrogen-bond donors (Lipinski definition) is 1. The van der Waals surface area contributed by atoms with E-state index in [2.05, 4.69) is 23.3 Å². The zero-order valence-corrected chi connectivity index (χ0v) is 12.4. The Morgan fingerprint density at radius 3 is 2.76 bits per heavy atom. The number of hydrogen-bond acceptors (Lipinski definition) is 4. The number of ether oxygens (including phenoxy) is 1. The quantitative estimate of drug-likeness (QED) is 0.884. The Bertz CT molecular complexity index is 629. The van der Waals surface area contributed by atoms with Crippen molar-refractivity contribution in [1.82, 2.24) is 10.3 Å². The van der Waals surface area contributed by atoms with Crippen molar-refractivity contribution >= 4 is 0 Å². The number of rotatable bonds is 6. The fraction of sp³-hybridized carbons (Fsp3) is 0.294. The lowest BCUT2D eigenvalue weighted by Gasteiger charge is -2.09. The molecule has 0 saturated heterocycles. The minimum Gasteiger partial charge on any atom is -0.487 e. The summed E-state index contributed by atoms with van der Waals surface area (Å²) in [6, 6.07) is 11.6. The second-order valence-electron chi connectivity index (χ2n) is 4.81. The van der Waals surface area contributed by atoms with Crippen LogP contribution in [0.4, 0.5) is 0 Å². The average molecular weight is 281 g/mol. The van der Waals surface area contributed by atoms with Crippen molar-refractivity contribution in [3.63, 3.8) is 0 Å². The maximum atomic E-state index is 8.85. The Balaban J connectivity index is 1.95. The summed E-state index contributed by atoms with van der Waals surface area (Å²) in [6.07, 6.45) is 1.74. The van der Waals surface area contributed by atoms with Crippen LogP contribution in [0.15, 0.2) is 36.5 Å². The molecule has 0 fully saturated rings. The van der Waals surface area contributed by atoms with Crippen molar-refractivity contribution in [2.75, 3.05) is 6.54 Å².